The molecule has 2 atom stereocenters. The number of unbranched alkanes of at least 4 members (excludes halogenated alkanes) is 1. The van der Waals surface area contributed by atoms with E-state index in [1.54, 1.807) is 0 Å². The van der Waals surface area contributed by atoms with E-state index in [-0.39, 0.29) is 5.92 Å². The van der Waals surface area contributed by atoms with E-state index in [1.165, 1.54) is 19.3 Å². The van der Waals surface area contributed by atoms with Crippen LogP contribution in [0.2, 0.25) is 0 Å². The van der Waals surface area contributed by atoms with Crippen molar-refractivity contribution in [3.05, 3.63) is 0 Å². The fourth-order valence-corrected chi connectivity index (χ4v) is 3.11. The first kappa shape index (κ1) is 16.7. The summed E-state index contributed by atoms with van der Waals surface area (Å²) in [6.45, 7) is 13.5. The second-order valence-corrected chi connectivity index (χ2v) is 7.14. The third-order valence-electron chi connectivity index (χ3n) is 4.77. The van der Waals surface area contributed by atoms with Gasteiger partial charge in [0.15, 0.2) is 0 Å². The lowest BCUT2D eigenvalue weighted by Gasteiger charge is -2.38. The molecule has 2 heteroatoms. The molecule has 0 aliphatic heterocycles. The van der Waals surface area contributed by atoms with E-state index in [9.17, 15) is 4.79 Å². The lowest BCUT2D eigenvalue weighted by molar-refractivity contribution is -0.128. The van der Waals surface area contributed by atoms with Crippen LogP contribution in [-0.2, 0) is 4.79 Å². The molecule has 2 nitrogen and oxygen atoms in total. The van der Waals surface area contributed by atoms with Crippen molar-refractivity contribution >= 4 is 5.78 Å². The quantitative estimate of drug-likeness (QED) is 0.686. The van der Waals surface area contributed by atoms with Crippen molar-refractivity contribution in [3.8, 4) is 0 Å². The summed E-state index contributed by atoms with van der Waals surface area (Å²) in [7, 11) is 0. The smallest absolute Gasteiger partial charge is 0.137 e. The number of nitrogens with zero attached hydrogens (tertiary/aromatic N) is 1. The molecule has 1 rings (SSSR count). The van der Waals surface area contributed by atoms with Crippen molar-refractivity contribution in [3.63, 3.8) is 0 Å². The van der Waals surface area contributed by atoms with Crippen molar-refractivity contribution in [1.29, 1.82) is 0 Å². The largest absolute Gasteiger partial charge is 0.300 e. The third kappa shape index (κ3) is 5.25. The van der Waals surface area contributed by atoms with E-state index in [0.717, 1.165) is 32.4 Å². The Balaban J connectivity index is 2.62. The summed E-state index contributed by atoms with van der Waals surface area (Å²) in [5.41, 5.74) is 0.352. The highest BCUT2D eigenvalue weighted by Crippen LogP contribution is 2.37. The summed E-state index contributed by atoms with van der Waals surface area (Å²) in [6, 6.07) is 0.601. The van der Waals surface area contributed by atoms with Crippen molar-refractivity contribution in [2.45, 2.75) is 79.2 Å². The van der Waals surface area contributed by atoms with Crippen LogP contribution in [0.5, 0.6) is 0 Å². The molecule has 112 valence electrons. The standard InChI is InChI=1S/C17H33NO/c1-6-8-11-18(14(3)7-2)13-15-12-17(4,5)10-9-16(15)19/h14-15H,6-13H2,1-5H3. The fourth-order valence-electron chi connectivity index (χ4n) is 3.11. The first-order valence-electron chi connectivity index (χ1n) is 8.16. The van der Waals surface area contributed by atoms with Gasteiger partial charge in [0, 0.05) is 24.9 Å². The minimum atomic E-state index is 0.273. The Morgan fingerprint density at radius 2 is 2.05 bits per heavy atom. The molecule has 0 aromatic heterocycles. The average Bonchev–Trinajstić information content (AvgIpc) is 2.37. The zero-order chi connectivity index (χ0) is 14.5. The maximum absolute atomic E-state index is 12.2. The number of rotatable bonds is 7. The number of Topliss-reactive ketones (excluding diaryl/α,β-unsaturated/α-hetero) is 1. The van der Waals surface area contributed by atoms with Crippen LogP contribution in [-0.4, -0.2) is 29.8 Å². The molecular formula is C17H33NO. The minimum absolute atomic E-state index is 0.273. The topological polar surface area (TPSA) is 20.3 Å². The second kappa shape index (κ2) is 7.42. The fraction of sp³-hybridized carbons (Fsp3) is 0.941. The van der Waals surface area contributed by atoms with E-state index >= 15 is 0 Å². The van der Waals surface area contributed by atoms with Crippen LogP contribution in [0, 0.1) is 11.3 Å². The summed E-state index contributed by atoms with van der Waals surface area (Å²) in [6.07, 6.45) is 6.59. The van der Waals surface area contributed by atoms with Gasteiger partial charge in [-0.25, -0.2) is 0 Å². The van der Waals surface area contributed by atoms with Crippen LogP contribution in [0.25, 0.3) is 0 Å². The maximum atomic E-state index is 12.2. The summed E-state index contributed by atoms with van der Waals surface area (Å²) >= 11 is 0. The molecule has 2 unspecified atom stereocenters. The van der Waals surface area contributed by atoms with Crippen LogP contribution >= 0.6 is 0 Å². The molecule has 0 saturated heterocycles. The molecule has 1 saturated carbocycles. The SMILES string of the molecule is CCCCN(CC1CC(C)(C)CCC1=O)C(C)CC. The Morgan fingerprint density at radius 1 is 1.37 bits per heavy atom. The third-order valence-corrected chi connectivity index (χ3v) is 4.77. The first-order valence-corrected chi connectivity index (χ1v) is 8.16. The number of carbonyl (C=O) groups is 1. The van der Waals surface area contributed by atoms with Gasteiger partial charge in [0.05, 0.1) is 0 Å². The van der Waals surface area contributed by atoms with Crippen molar-refractivity contribution in [2.75, 3.05) is 13.1 Å². The van der Waals surface area contributed by atoms with Crippen LogP contribution in [0.4, 0.5) is 0 Å². The first-order chi connectivity index (χ1) is 8.89. The number of hydrogen-bond acceptors (Lipinski definition) is 2. The Hall–Kier alpha value is -0.370. The van der Waals surface area contributed by atoms with Gasteiger partial charge in [-0.1, -0.05) is 34.1 Å². The van der Waals surface area contributed by atoms with E-state index in [0.29, 0.717) is 17.2 Å². The van der Waals surface area contributed by atoms with E-state index in [4.69, 9.17) is 0 Å². The van der Waals surface area contributed by atoms with Gasteiger partial charge in [-0.3, -0.25) is 9.69 Å². The lowest BCUT2D eigenvalue weighted by atomic mass is 9.71. The molecule has 0 radical (unpaired) electrons. The van der Waals surface area contributed by atoms with Gasteiger partial charge in [0.1, 0.15) is 5.78 Å². The van der Waals surface area contributed by atoms with E-state index < -0.39 is 0 Å². The van der Waals surface area contributed by atoms with Crippen LogP contribution < -0.4 is 0 Å². The van der Waals surface area contributed by atoms with E-state index in [2.05, 4.69) is 39.5 Å². The summed E-state index contributed by atoms with van der Waals surface area (Å²) in [5, 5.41) is 0. The molecule has 0 spiro atoms. The number of carbonyl (C=O) groups excluding carboxylic acids is 1. The van der Waals surface area contributed by atoms with Gasteiger partial charge in [-0.2, -0.15) is 0 Å². The van der Waals surface area contributed by atoms with E-state index in [1.807, 2.05) is 0 Å². The molecule has 1 aliphatic rings. The van der Waals surface area contributed by atoms with Crippen LogP contribution in [0.1, 0.15) is 73.1 Å². The molecule has 0 amide bonds. The second-order valence-electron chi connectivity index (χ2n) is 7.14. The van der Waals surface area contributed by atoms with Crippen LogP contribution in [0.3, 0.4) is 0 Å². The lowest BCUT2D eigenvalue weighted by Crippen LogP contribution is -2.42. The molecule has 1 fully saturated rings. The molecule has 0 heterocycles. The highest BCUT2D eigenvalue weighted by Gasteiger charge is 2.34. The summed E-state index contributed by atoms with van der Waals surface area (Å²) in [4.78, 5) is 14.7. The minimum Gasteiger partial charge on any atom is -0.300 e. The van der Waals surface area contributed by atoms with Gasteiger partial charge in [-0.05, 0) is 44.6 Å². The number of hydrogen-bond donors (Lipinski definition) is 0. The zero-order valence-electron chi connectivity index (χ0n) is 13.7. The predicted octanol–water partition coefficient (Wildman–Crippen LogP) is 4.28. The van der Waals surface area contributed by atoms with Crippen LogP contribution in [0.15, 0.2) is 0 Å². The zero-order valence-corrected chi connectivity index (χ0v) is 13.7. The monoisotopic (exact) mass is 267 g/mol. The normalized spacial score (nSPS) is 24.7. The molecular weight excluding hydrogens is 234 g/mol. The van der Waals surface area contributed by atoms with Gasteiger partial charge >= 0.3 is 0 Å². The number of ketones is 1. The molecule has 0 N–H and O–H groups in total. The average molecular weight is 267 g/mol. The summed E-state index contributed by atoms with van der Waals surface area (Å²) in [5.74, 6) is 0.777. The highest BCUT2D eigenvalue weighted by atomic mass is 16.1. The molecule has 0 aromatic carbocycles. The van der Waals surface area contributed by atoms with Gasteiger partial charge in [-0.15, -0.1) is 0 Å². The van der Waals surface area contributed by atoms with Crippen molar-refractivity contribution in [1.82, 2.24) is 4.90 Å². The Bertz CT molecular complexity index is 285. The van der Waals surface area contributed by atoms with Gasteiger partial charge in [0.25, 0.3) is 0 Å². The van der Waals surface area contributed by atoms with Crippen molar-refractivity contribution in [2.24, 2.45) is 11.3 Å². The Labute approximate surface area is 119 Å². The summed E-state index contributed by atoms with van der Waals surface area (Å²) < 4.78 is 0. The highest BCUT2D eigenvalue weighted by molar-refractivity contribution is 5.82. The maximum Gasteiger partial charge on any atom is 0.137 e. The Morgan fingerprint density at radius 3 is 2.63 bits per heavy atom. The molecule has 0 aromatic rings. The Kier molecular flexibility index (Phi) is 6.52. The van der Waals surface area contributed by atoms with Crippen molar-refractivity contribution < 1.29 is 4.79 Å². The van der Waals surface area contributed by atoms with Gasteiger partial charge < -0.3 is 0 Å². The molecule has 1 aliphatic carbocycles. The predicted molar refractivity (Wildman–Crippen MR) is 82.4 cm³/mol. The van der Waals surface area contributed by atoms with Gasteiger partial charge in [0.2, 0.25) is 0 Å². The molecule has 0 bridgehead atoms. The molecule has 19 heavy (non-hydrogen) atoms.